The van der Waals surface area contributed by atoms with Gasteiger partial charge in [0.15, 0.2) is 6.61 Å². The quantitative estimate of drug-likeness (QED) is 0.648. The van der Waals surface area contributed by atoms with Crippen LogP contribution in [0.25, 0.3) is 11.0 Å². The summed E-state index contributed by atoms with van der Waals surface area (Å²) >= 11 is 0. The average molecular weight is 445 g/mol. The van der Waals surface area contributed by atoms with Gasteiger partial charge in [-0.2, -0.15) is 0 Å². The topological polar surface area (TPSA) is 109 Å². The third kappa shape index (κ3) is 3.81. The van der Waals surface area contributed by atoms with Gasteiger partial charge in [-0.3, -0.25) is 0 Å². The first-order valence-corrected chi connectivity index (χ1v) is 11.9. The highest BCUT2D eigenvalue weighted by Gasteiger charge is 2.44. The highest BCUT2D eigenvalue weighted by atomic mass is 32.2. The van der Waals surface area contributed by atoms with Crippen molar-refractivity contribution in [3.05, 3.63) is 54.2 Å². The van der Waals surface area contributed by atoms with Gasteiger partial charge in [0.1, 0.15) is 16.7 Å². The molecule has 5 heterocycles. The Morgan fingerprint density at radius 3 is 2.77 bits per heavy atom. The van der Waals surface area contributed by atoms with Crippen LogP contribution in [-0.4, -0.2) is 65.1 Å². The van der Waals surface area contributed by atoms with Crippen molar-refractivity contribution in [2.75, 3.05) is 26.2 Å². The molecule has 5 rings (SSSR count). The van der Waals surface area contributed by atoms with E-state index in [1.165, 1.54) is 16.7 Å². The van der Waals surface area contributed by atoms with Crippen molar-refractivity contribution < 1.29 is 22.4 Å². The number of carbonyl (C=O) groups is 1. The van der Waals surface area contributed by atoms with Crippen LogP contribution < -0.4 is 0 Å². The second kappa shape index (κ2) is 8.01. The van der Waals surface area contributed by atoms with Gasteiger partial charge in [-0.1, -0.05) is 0 Å². The number of piperidine rings is 1. The number of pyridine rings is 1. The largest absolute Gasteiger partial charge is 0.466 e. The predicted octanol–water partition coefficient (Wildman–Crippen LogP) is 2.69. The molecule has 0 atom stereocenters. The number of nitrogens with one attached hydrogen (secondary N) is 1. The number of hydrogen-bond donors (Lipinski definition) is 1. The van der Waals surface area contributed by atoms with Gasteiger partial charge in [-0.25, -0.2) is 22.5 Å². The molecule has 0 aliphatic carbocycles. The van der Waals surface area contributed by atoms with Gasteiger partial charge in [-0.15, -0.1) is 0 Å². The minimum atomic E-state index is -3.44. The molecule has 0 bridgehead atoms. The molecule has 0 radical (unpaired) electrons. The van der Waals surface area contributed by atoms with E-state index in [0.717, 1.165) is 23.9 Å². The van der Waals surface area contributed by atoms with Crippen LogP contribution in [-0.2, 0) is 21.4 Å². The monoisotopic (exact) mass is 444 g/mol. The highest BCUT2D eigenvalue weighted by molar-refractivity contribution is 7.89. The summed E-state index contributed by atoms with van der Waals surface area (Å²) in [7, 11) is -3.44. The highest BCUT2D eigenvalue weighted by Crippen LogP contribution is 2.34. The zero-order valence-electron chi connectivity index (χ0n) is 16.9. The first-order chi connectivity index (χ1) is 15.0. The number of rotatable bonds is 5. The molecule has 2 fully saturated rings. The van der Waals surface area contributed by atoms with E-state index in [-0.39, 0.29) is 19.7 Å². The molecule has 1 N–H and O–H groups in total. The predicted molar refractivity (Wildman–Crippen MR) is 113 cm³/mol. The van der Waals surface area contributed by atoms with Gasteiger partial charge in [0.2, 0.25) is 10.0 Å². The van der Waals surface area contributed by atoms with Gasteiger partial charge in [0, 0.05) is 44.0 Å². The van der Waals surface area contributed by atoms with Gasteiger partial charge in [0.25, 0.3) is 0 Å². The number of carbonyl (C=O) groups excluding carboxylic acids is 1. The molecule has 2 aliphatic rings. The molecule has 0 spiro atoms. The fraction of sp³-hybridized carbons (Fsp3) is 0.429. The lowest BCUT2D eigenvalue weighted by atomic mass is 9.90. The smallest absolute Gasteiger partial charge is 0.410 e. The number of sulfonamides is 1. The maximum Gasteiger partial charge on any atom is 0.410 e. The van der Waals surface area contributed by atoms with Gasteiger partial charge in [0.05, 0.1) is 6.26 Å². The van der Waals surface area contributed by atoms with Crippen molar-refractivity contribution in [2.45, 2.75) is 30.6 Å². The Bertz CT molecular complexity index is 1160. The number of fused-ring (bicyclic) bond motifs is 1. The molecule has 1 amide bonds. The van der Waals surface area contributed by atoms with Crippen molar-refractivity contribution in [3.63, 3.8) is 0 Å². The zero-order valence-corrected chi connectivity index (χ0v) is 17.8. The van der Waals surface area contributed by atoms with Gasteiger partial charge in [-0.05, 0) is 48.6 Å². The molecule has 0 unspecified atom stereocenters. The van der Waals surface area contributed by atoms with Gasteiger partial charge >= 0.3 is 6.09 Å². The third-order valence-corrected chi connectivity index (χ3v) is 8.41. The molecular formula is C21H24N4O5S. The Balaban J connectivity index is 1.14. The lowest BCUT2D eigenvalue weighted by molar-refractivity contribution is 0.0708. The minimum absolute atomic E-state index is 0.0383. The van der Waals surface area contributed by atoms with E-state index in [4.69, 9.17) is 9.15 Å². The molecule has 164 valence electrons. The number of aromatic amines is 1. The Hall–Kier alpha value is -2.85. The molecule has 31 heavy (non-hydrogen) atoms. The summed E-state index contributed by atoms with van der Waals surface area (Å²) in [4.78, 5) is 21.0. The number of furan rings is 1. The lowest BCUT2D eigenvalue weighted by Crippen LogP contribution is -2.60. The number of H-pyrrole nitrogens is 1. The van der Waals surface area contributed by atoms with E-state index in [1.807, 2.05) is 18.3 Å². The average Bonchev–Trinajstić information content (AvgIpc) is 3.41. The summed E-state index contributed by atoms with van der Waals surface area (Å²) in [6.07, 6.45) is 6.27. The molecule has 3 aromatic rings. The summed E-state index contributed by atoms with van der Waals surface area (Å²) in [5, 5.41) is 0.531. The maximum atomic E-state index is 13.0. The maximum absolute atomic E-state index is 13.0. The summed E-state index contributed by atoms with van der Waals surface area (Å²) in [6.45, 7) is 1.33. The Kier molecular flexibility index (Phi) is 5.19. The van der Waals surface area contributed by atoms with E-state index >= 15 is 0 Å². The van der Waals surface area contributed by atoms with E-state index in [0.29, 0.717) is 24.8 Å². The van der Waals surface area contributed by atoms with Crippen molar-refractivity contribution >= 4 is 27.1 Å². The number of ether oxygens (including phenoxy) is 1. The molecule has 0 aromatic carbocycles. The van der Waals surface area contributed by atoms with Crippen LogP contribution in [0, 0.1) is 0 Å². The van der Waals surface area contributed by atoms with Crippen LogP contribution in [0.1, 0.15) is 30.1 Å². The van der Waals surface area contributed by atoms with Crippen LogP contribution >= 0.6 is 0 Å². The summed E-state index contributed by atoms with van der Waals surface area (Å²) in [5.74, 6) is 0.853. The van der Waals surface area contributed by atoms with E-state index in [1.54, 1.807) is 22.6 Å². The van der Waals surface area contributed by atoms with Crippen LogP contribution in [0.15, 0.2) is 47.3 Å². The Labute approximate surface area is 180 Å². The van der Waals surface area contributed by atoms with Crippen molar-refractivity contribution in [2.24, 2.45) is 0 Å². The zero-order chi connectivity index (χ0) is 21.4. The molecule has 3 aromatic heterocycles. The van der Waals surface area contributed by atoms with E-state index < -0.39 is 21.4 Å². The first-order valence-electron chi connectivity index (χ1n) is 10.4. The number of hydrogen-bond acceptors (Lipinski definition) is 6. The number of nitrogens with zero attached hydrogens (tertiary/aromatic N) is 3. The fourth-order valence-corrected chi connectivity index (χ4v) is 6.22. The summed E-state index contributed by atoms with van der Waals surface area (Å²) in [6, 6.07) is 7.40. The number of aromatic nitrogens is 2. The third-order valence-electron chi connectivity index (χ3n) is 6.18. The first kappa shape index (κ1) is 20.1. The SMILES string of the molecule is O=C(OCc1ccco1)N1CC(S(=O)(=O)N2CCC(c3c[nH]c4ncccc34)CC2)C1. The molecule has 0 saturated carbocycles. The number of amides is 1. The van der Waals surface area contributed by atoms with Crippen LogP contribution in [0.4, 0.5) is 4.79 Å². The second-order valence-electron chi connectivity index (χ2n) is 8.02. The molecule has 10 heteroatoms. The van der Waals surface area contributed by atoms with Crippen molar-refractivity contribution in [1.82, 2.24) is 19.2 Å². The molecule has 9 nitrogen and oxygen atoms in total. The van der Waals surface area contributed by atoms with E-state index in [2.05, 4.69) is 9.97 Å². The second-order valence-corrected chi connectivity index (χ2v) is 10.2. The summed E-state index contributed by atoms with van der Waals surface area (Å²) in [5.41, 5.74) is 2.07. The normalized spacial score (nSPS) is 18.9. The molecule has 2 aliphatic heterocycles. The van der Waals surface area contributed by atoms with Crippen LogP contribution in [0.2, 0.25) is 0 Å². The number of likely N-dealkylation sites (tertiary alicyclic amines) is 1. The van der Waals surface area contributed by atoms with Crippen molar-refractivity contribution in [3.8, 4) is 0 Å². The molecule has 2 saturated heterocycles. The Morgan fingerprint density at radius 2 is 2.03 bits per heavy atom. The fourth-order valence-electron chi connectivity index (χ4n) is 4.34. The molecular weight excluding hydrogens is 420 g/mol. The van der Waals surface area contributed by atoms with Gasteiger partial charge < -0.3 is 19.0 Å². The Morgan fingerprint density at radius 1 is 1.23 bits per heavy atom. The van der Waals surface area contributed by atoms with Crippen molar-refractivity contribution in [1.29, 1.82) is 0 Å². The lowest BCUT2D eigenvalue weighted by Gasteiger charge is -2.41. The van der Waals surface area contributed by atoms with E-state index in [9.17, 15) is 13.2 Å². The summed E-state index contributed by atoms with van der Waals surface area (Å²) < 4.78 is 37.9. The minimum Gasteiger partial charge on any atom is -0.466 e. The van der Waals surface area contributed by atoms with Crippen LogP contribution in [0.5, 0.6) is 0 Å². The standard InChI is InChI=1S/C21H24N4O5S/c26-21(30-14-16-3-2-10-29-16)24-12-17(13-24)31(27,28)25-8-5-15(6-9-25)19-11-23-20-18(19)4-1-7-22-20/h1-4,7,10-11,15,17H,5-6,8-9,12-14H2,(H,22,23). The van der Waals surface area contributed by atoms with Crippen LogP contribution in [0.3, 0.4) is 0 Å².